The maximum Gasteiger partial charge on any atom is 0.129 e. The first-order chi connectivity index (χ1) is 7.66. The smallest absolute Gasteiger partial charge is 0.129 e. The van der Waals surface area contributed by atoms with Crippen LogP contribution in [-0.4, -0.2) is 4.83 Å². The topological polar surface area (TPSA) is 0 Å². The van der Waals surface area contributed by atoms with E-state index in [9.17, 15) is 8.78 Å². The quantitative estimate of drug-likeness (QED) is 0.721. The van der Waals surface area contributed by atoms with Gasteiger partial charge in [-0.3, -0.25) is 0 Å². The number of hydrogen-bond donors (Lipinski definition) is 0. The highest BCUT2D eigenvalue weighted by molar-refractivity contribution is 9.09. The third kappa shape index (κ3) is 2.82. The lowest BCUT2D eigenvalue weighted by Gasteiger charge is -2.17. The molecule has 2 rings (SSSR count). The minimum atomic E-state index is -0.506. The van der Waals surface area contributed by atoms with Gasteiger partial charge >= 0.3 is 0 Å². The second-order valence-electron chi connectivity index (χ2n) is 4.50. The Morgan fingerprint density at radius 2 is 1.94 bits per heavy atom. The van der Waals surface area contributed by atoms with E-state index in [1.165, 1.54) is 31.7 Å². The Bertz CT molecular complexity index is 359. The summed E-state index contributed by atoms with van der Waals surface area (Å²) in [6.45, 7) is 0. The van der Waals surface area contributed by atoms with Crippen LogP contribution < -0.4 is 0 Å². The standard InChI is InChI=1S/C13H15BrF2/c14-12(9-3-1-2-4-9)7-10-5-6-11(15)8-13(10)16/h5-6,8-9,12H,1-4,7H2. The summed E-state index contributed by atoms with van der Waals surface area (Å²) in [5, 5.41) is 0. The van der Waals surface area contributed by atoms with E-state index in [0.717, 1.165) is 6.07 Å². The molecular weight excluding hydrogens is 274 g/mol. The van der Waals surface area contributed by atoms with Crippen LogP contribution in [0.5, 0.6) is 0 Å². The molecule has 1 saturated carbocycles. The van der Waals surface area contributed by atoms with Gasteiger partial charge in [0.05, 0.1) is 0 Å². The number of alkyl halides is 1. The van der Waals surface area contributed by atoms with Crippen molar-refractivity contribution in [3.05, 3.63) is 35.4 Å². The molecule has 0 nitrogen and oxygen atoms in total. The lowest BCUT2D eigenvalue weighted by atomic mass is 9.98. The molecule has 1 aliphatic rings. The van der Waals surface area contributed by atoms with Crippen LogP contribution in [0.25, 0.3) is 0 Å². The predicted molar refractivity (Wildman–Crippen MR) is 64.7 cm³/mol. The fraction of sp³-hybridized carbons (Fsp3) is 0.538. The molecule has 1 unspecified atom stereocenters. The third-order valence-electron chi connectivity index (χ3n) is 3.34. The fourth-order valence-corrected chi connectivity index (χ4v) is 3.26. The zero-order valence-electron chi connectivity index (χ0n) is 9.06. The van der Waals surface area contributed by atoms with E-state index >= 15 is 0 Å². The summed E-state index contributed by atoms with van der Waals surface area (Å²) in [5.41, 5.74) is 0.607. The highest BCUT2D eigenvalue weighted by atomic mass is 79.9. The van der Waals surface area contributed by atoms with E-state index in [1.807, 2.05) is 0 Å². The molecule has 0 N–H and O–H groups in total. The van der Waals surface area contributed by atoms with Crippen LogP contribution in [-0.2, 0) is 6.42 Å². The summed E-state index contributed by atoms with van der Waals surface area (Å²) in [6.07, 6.45) is 5.64. The molecule has 0 saturated heterocycles. The summed E-state index contributed by atoms with van der Waals surface area (Å²) >= 11 is 3.63. The highest BCUT2D eigenvalue weighted by Crippen LogP contribution is 2.33. The molecule has 1 aromatic rings. The molecule has 1 fully saturated rings. The van der Waals surface area contributed by atoms with Crippen LogP contribution in [0, 0.1) is 17.6 Å². The van der Waals surface area contributed by atoms with Crippen molar-refractivity contribution in [3.63, 3.8) is 0 Å². The van der Waals surface area contributed by atoms with Crippen molar-refractivity contribution in [1.29, 1.82) is 0 Å². The summed E-state index contributed by atoms with van der Waals surface area (Å²) in [7, 11) is 0. The van der Waals surface area contributed by atoms with Crippen molar-refractivity contribution >= 4 is 15.9 Å². The fourth-order valence-electron chi connectivity index (χ4n) is 2.38. The molecule has 88 valence electrons. The average molecular weight is 289 g/mol. The number of hydrogen-bond acceptors (Lipinski definition) is 0. The zero-order chi connectivity index (χ0) is 11.5. The lowest BCUT2D eigenvalue weighted by Crippen LogP contribution is -2.14. The molecular formula is C13H15BrF2. The van der Waals surface area contributed by atoms with E-state index in [0.29, 0.717) is 22.7 Å². The maximum atomic E-state index is 13.4. The SMILES string of the molecule is Fc1ccc(CC(Br)C2CCCC2)c(F)c1. The Balaban J connectivity index is 2.02. The van der Waals surface area contributed by atoms with Crippen molar-refractivity contribution < 1.29 is 8.78 Å². The zero-order valence-corrected chi connectivity index (χ0v) is 10.6. The first-order valence-electron chi connectivity index (χ1n) is 5.75. The molecule has 0 radical (unpaired) electrons. The Labute approximate surface area is 103 Å². The molecule has 1 aliphatic carbocycles. The van der Waals surface area contributed by atoms with Gasteiger partial charge in [-0.25, -0.2) is 8.78 Å². The van der Waals surface area contributed by atoms with Crippen LogP contribution in [0.3, 0.4) is 0 Å². The minimum absolute atomic E-state index is 0.315. The Kier molecular flexibility index (Phi) is 3.95. The largest absolute Gasteiger partial charge is 0.207 e. The van der Waals surface area contributed by atoms with Gasteiger partial charge in [0.15, 0.2) is 0 Å². The van der Waals surface area contributed by atoms with Gasteiger partial charge in [-0.2, -0.15) is 0 Å². The van der Waals surface area contributed by atoms with Gasteiger partial charge in [0, 0.05) is 10.9 Å². The van der Waals surface area contributed by atoms with Gasteiger partial charge in [0.1, 0.15) is 11.6 Å². The third-order valence-corrected chi connectivity index (χ3v) is 4.41. The van der Waals surface area contributed by atoms with Gasteiger partial charge in [-0.15, -0.1) is 0 Å². The van der Waals surface area contributed by atoms with Crippen LogP contribution in [0.15, 0.2) is 18.2 Å². The van der Waals surface area contributed by atoms with E-state index in [-0.39, 0.29) is 0 Å². The molecule has 0 aromatic heterocycles. The number of benzene rings is 1. The molecule has 16 heavy (non-hydrogen) atoms. The summed E-state index contributed by atoms with van der Waals surface area (Å²) in [4.78, 5) is 0.315. The average Bonchev–Trinajstić information content (AvgIpc) is 2.75. The van der Waals surface area contributed by atoms with Gasteiger partial charge in [-0.05, 0) is 36.8 Å². The summed E-state index contributed by atoms with van der Waals surface area (Å²) < 4.78 is 26.2. The second kappa shape index (κ2) is 5.26. The highest BCUT2D eigenvalue weighted by Gasteiger charge is 2.23. The molecule has 1 atom stereocenters. The van der Waals surface area contributed by atoms with E-state index in [4.69, 9.17) is 0 Å². The predicted octanol–water partition coefficient (Wildman–Crippen LogP) is 4.46. The van der Waals surface area contributed by atoms with Gasteiger partial charge in [0.2, 0.25) is 0 Å². The monoisotopic (exact) mass is 288 g/mol. The molecule has 0 amide bonds. The number of halogens is 3. The first-order valence-corrected chi connectivity index (χ1v) is 6.66. The summed E-state index contributed by atoms with van der Waals surface area (Å²) in [6, 6.07) is 3.84. The Morgan fingerprint density at radius 3 is 2.56 bits per heavy atom. The number of rotatable bonds is 3. The molecule has 0 bridgehead atoms. The van der Waals surface area contributed by atoms with E-state index in [2.05, 4.69) is 15.9 Å². The van der Waals surface area contributed by atoms with Crippen molar-refractivity contribution in [2.45, 2.75) is 36.9 Å². The molecule has 1 aromatic carbocycles. The maximum absolute atomic E-state index is 13.4. The minimum Gasteiger partial charge on any atom is -0.207 e. The molecule has 0 heterocycles. The van der Waals surface area contributed by atoms with Crippen molar-refractivity contribution in [2.75, 3.05) is 0 Å². The molecule has 3 heteroatoms. The van der Waals surface area contributed by atoms with Crippen LogP contribution >= 0.6 is 15.9 Å². The van der Waals surface area contributed by atoms with Crippen LogP contribution in [0.1, 0.15) is 31.2 Å². The van der Waals surface area contributed by atoms with E-state index in [1.54, 1.807) is 6.07 Å². The van der Waals surface area contributed by atoms with Crippen molar-refractivity contribution in [2.24, 2.45) is 5.92 Å². The molecule has 0 spiro atoms. The Hall–Kier alpha value is -0.440. The van der Waals surface area contributed by atoms with E-state index < -0.39 is 11.6 Å². The van der Waals surface area contributed by atoms with Crippen molar-refractivity contribution in [3.8, 4) is 0 Å². The van der Waals surface area contributed by atoms with Gasteiger partial charge in [-0.1, -0.05) is 34.8 Å². The molecule has 0 aliphatic heterocycles. The first kappa shape index (κ1) is 12.0. The van der Waals surface area contributed by atoms with Crippen LogP contribution in [0.2, 0.25) is 0 Å². The van der Waals surface area contributed by atoms with Crippen LogP contribution in [0.4, 0.5) is 8.78 Å². The summed E-state index contributed by atoms with van der Waals surface area (Å²) in [5.74, 6) is -0.292. The second-order valence-corrected chi connectivity index (χ2v) is 5.68. The lowest BCUT2D eigenvalue weighted by molar-refractivity contribution is 0.511. The Morgan fingerprint density at radius 1 is 1.25 bits per heavy atom. The normalized spacial score (nSPS) is 18.9. The van der Waals surface area contributed by atoms with Crippen molar-refractivity contribution in [1.82, 2.24) is 0 Å². The van der Waals surface area contributed by atoms with Gasteiger partial charge in [0.25, 0.3) is 0 Å². The van der Waals surface area contributed by atoms with Gasteiger partial charge < -0.3 is 0 Å².